The third-order valence-corrected chi connectivity index (χ3v) is 6.28. The number of phenolic OH excluding ortho intramolecular Hbond substituents is 1. The highest BCUT2D eigenvalue weighted by Gasteiger charge is 2.54. The first-order valence-corrected chi connectivity index (χ1v) is 8.33. The number of benzene rings is 1. The molecule has 3 heteroatoms. The van der Waals surface area contributed by atoms with E-state index in [4.69, 9.17) is 0 Å². The zero-order valence-electron chi connectivity index (χ0n) is 12.5. The quantitative estimate of drug-likeness (QED) is 0.843. The highest BCUT2D eigenvalue weighted by Crippen LogP contribution is 2.55. The molecule has 1 saturated heterocycles. The summed E-state index contributed by atoms with van der Waals surface area (Å²) < 4.78 is 0. The fourth-order valence-corrected chi connectivity index (χ4v) is 5.50. The van der Waals surface area contributed by atoms with Crippen LogP contribution < -0.4 is 0 Å². The van der Waals surface area contributed by atoms with Crippen molar-refractivity contribution < 1.29 is 5.11 Å². The van der Waals surface area contributed by atoms with Gasteiger partial charge in [0.1, 0.15) is 5.75 Å². The highest BCUT2D eigenvalue weighted by molar-refractivity contribution is 5.86. The van der Waals surface area contributed by atoms with Crippen LogP contribution in [-0.4, -0.2) is 34.1 Å². The van der Waals surface area contributed by atoms with Crippen molar-refractivity contribution in [3.05, 3.63) is 29.5 Å². The van der Waals surface area contributed by atoms with Crippen LogP contribution in [0.3, 0.4) is 0 Å². The van der Waals surface area contributed by atoms with Crippen LogP contribution in [0.2, 0.25) is 0 Å². The Morgan fingerprint density at radius 2 is 2.29 bits per heavy atom. The summed E-state index contributed by atoms with van der Waals surface area (Å²) >= 11 is 0. The van der Waals surface area contributed by atoms with Crippen LogP contribution in [0.1, 0.15) is 36.9 Å². The van der Waals surface area contributed by atoms with E-state index in [0.29, 0.717) is 11.7 Å². The van der Waals surface area contributed by atoms with Gasteiger partial charge in [0.2, 0.25) is 0 Å². The van der Waals surface area contributed by atoms with Crippen molar-refractivity contribution in [2.45, 2.75) is 38.1 Å². The van der Waals surface area contributed by atoms with E-state index in [1.807, 2.05) is 12.1 Å². The number of fused-ring (bicyclic) bond motifs is 3. The molecule has 4 bridgehead atoms. The second kappa shape index (κ2) is 4.04. The molecule has 2 aliphatic heterocycles. The molecule has 0 radical (unpaired) electrons. The fourth-order valence-electron chi connectivity index (χ4n) is 5.50. The summed E-state index contributed by atoms with van der Waals surface area (Å²) in [5.41, 5.74) is 4.16. The first-order valence-electron chi connectivity index (χ1n) is 8.33. The maximum Gasteiger partial charge on any atom is 0.116 e. The molecule has 21 heavy (non-hydrogen) atoms. The highest BCUT2D eigenvalue weighted by atomic mass is 16.3. The third kappa shape index (κ3) is 1.48. The Morgan fingerprint density at radius 1 is 1.38 bits per heavy atom. The van der Waals surface area contributed by atoms with Crippen molar-refractivity contribution in [3.63, 3.8) is 0 Å². The molecule has 3 unspecified atom stereocenters. The zero-order valence-corrected chi connectivity index (χ0v) is 12.5. The van der Waals surface area contributed by atoms with Crippen molar-refractivity contribution in [2.75, 3.05) is 13.1 Å². The van der Waals surface area contributed by atoms with Crippen molar-refractivity contribution in [1.29, 1.82) is 0 Å². The molecule has 2 aromatic rings. The van der Waals surface area contributed by atoms with Gasteiger partial charge in [0.25, 0.3) is 0 Å². The standard InChI is InChI=1S/C18H22N2O/c1-2-10-7-11-9-20-6-5-13-14-8-12(21)3-4-15(14)19-17(13)16(11)18(10)20/h3-4,8,10-11,16,18-19,21H,2,5-7,9H2,1H3/t10?,11-,16+,18?/m1/s1. The number of aromatic hydroxyl groups is 1. The molecule has 5 rings (SSSR count). The average molecular weight is 282 g/mol. The molecule has 0 amide bonds. The number of phenols is 1. The predicted molar refractivity (Wildman–Crippen MR) is 83.7 cm³/mol. The van der Waals surface area contributed by atoms with Gasteiger partial charge in [-0.2, -0.15) is 0 Å². The summed E-state index contributed by atoms with van der Waals surface area (Å²) in [7, 11) is 0. The lowest BCUT2D eigenvalue weighted by molar-refractivity contribution is 0.156. The van der Waals surface area contributed by atoms with E-state index in [2.05, 4.69) is 16.8 Å². The number of nitrogens with one attached hydrogen (secondary N) is 1. The van der Waals surface area contributed by atoms with E-state index in [-0.39, 0.29) is 0 Å². The molecular formula is C18H22N2O. The summed E-state index contributed by atoms with van der Waals surface area (Å²) in [6.45, 7) is 4.83. The van der Waals surface area contributed by atoms with E-state index >= 15 is 0 Å². The minimum absolute atomic E-state index is 0.383. The Hall–Kier alpha value is -1.48. The number of hydrogen-bond acceptors (Lipinski definition) is 2. The Labute approximate surface area is 125 Å². The molecular weight excluding hydrogens is 260 g/mol. The third-order valence-electron chi connectivity index (χ3n) is 6.28. The topological polar surface area (TPSA) is 39.3 Å². The first-order chi connectivity index (χ1) is 10.3. The normalized spacial score (nSPS) is 36.9. The van der Waals surface area contributed by atoms with Crippen molar-refractivity contribution >= 4 is 10.9 Å². The molecule has 3 aliphatic rings. The SMILES string of the molecule is CCC1C[C@@H]2CN3CCc4c([nH]c5ccc(O)cc45)[C@H]2C13. The summed E-state index contributed by atoms with van der Waals surface area (Å²) in [6.07, 6.45) is 3.84. The maximum atomic E-state index is 9.82. The summed E-state index contributed by atoms with van der Waals surface area (Å²) in [5.74, 6) is 2.79. The Kier molecular flexibility index (Phi) is 2.33. The Morgan fingerprint density at radius 3 is 3.14 bits per heavy atom. The smallest absolute Gasteiger partial charge is 0.116 e. The molecule has 3 nitrogen and oxygen atoms in total. The number of hydrogen-bond donors (Lipinski definition) is 2. The Balaban J connectivity index is 1.71. The molecule has 1 saturated carbocycles. The van der Waals surface area contributed by atoms with Gasteiger partial charge in [0, 0.05) is 41.6 Å². The first kappa shape index (κ1) is 12.1. The van der Waals surface area contributed by atoms with Gasteiger partial charge in [-0.15, -0.1) is 0 Å². The van der Waals surface area contributed by atoms with Crippen LogP contribution in [0.5, 0.6) is 5.75 Å². The molecule has 1 aromatic heterocycles. The van der Waals surface area contributed by atoms with Gasteiger partial charge in [0.15, 0.2) is 0 Å². The van der Waals surface area contributed by atoms with Crippen LogP contribution >= 0.6 is 0 Å². The van der Waals surface area contributed by atoms with Gasteiger partial charge in [-0.05, 0) is 48.4 Å². The fraction of sp³-hybridized carbons (Fsp3) is 0.556. The maximum absolute atomic E-state index is 9.82. The summed E-state index contributed by atoms with van der Waals surface area (Å²) in [4.78, 5) is 6.46. The number of aromatic nitrogens is 1. The Bertz CT molecular complexity index is 719. The molecule has 110 valence electrons. The van der Waals surface area contributed by atoms with E-state index in [1.165, 1.54) is 48.1 Å². The monoisotopic (exact) mass is 282 g/mol. The number of rotatable bonds is 1. The van der Waals surface area contributed by atoms with E-state index < -0.39 is 0 Å². The molecule has 3 heterocycles. The summed E-state index contributed by atoms with van der Waals surface area (Å²) in [5, 5.41) is 11.1. The van der Waals surface area contributed by atoms with Gasteiger partial charge < -0.3 is 10.1 Å². The number of aromatic amines is 1. The van der Waals surface area contributed by atoms with Crippen LogP contribution in [0, 0.1) is 11.8 Å². The van der Waals surface area contributed by atoms with Crippen LogP contribution in [0.15, 0.2) is 18.2 Å². The predicted octanol–water partition coefficient (Wildman–Crippen LogP) is 3.24. The molecule has 0 spiro atoms. The lowest BCUT2D eigenvalue weighted by Gasteiger charge is -2.32. The van der Waals surface area contributed by atoms with E-state index in [1.54, 1.807) is 6.07 Å². The lowest BCUT2D eigenvalue weighted by Crippen LogP contribution is -2.39. The van der Waals surface area contributed by atoms with Gasteiger partial charge in [-0.3, -0.25) is 4.90 Å². The number of nitrogens with zero attached hydrogens (tertiary/aromatic N) is 1. The van der Waals surface area contributed by atoms with E-state index in [0.717, 1.165) is 24.3 Å². The zero-order chi connectivity index (χ0) is 14.1. The largest absolute Gasteiger partial charge is 0.508 e. The molecule has 2 N–H and O–H groups in total. The van der Waals surface area contributed by atoms with Crippen LogP contribution in [-0.2, 0) is 6.42 Å². The van der Waals surface area contributed by atoms with Crippen LogP contribution in [0.25, 0.3) is 10.9 Å². The van der Waals surface area contributed by atoms with Crippen molar-refractivity contribution in [2.24, 2.45) is 11.8 Å². The van der Waals surface area contributed by atoms with Crippen molar-refractivity contribution in [3.8, 4) is 5.75 Å². The molecule has 1 aromatic carbocycles. The number of H-pyrrole nitrogens is 1. The molecule has 1 aliphatic carbocycles. The van der Waals surface area contributed by atoms with E-state index in [9.17, 15) is 5.11 Å². The van der Waals surface area contributed by atoms with Gasteiger partial charge in [-0.25, -0.2) is 0 Å². The van der Waals surface area contributed by atoms with Crippen molar-refractivity contribution in [1.82, 2.24) is 9.88 Å². The van der Waals surface area contributed by atoms with Crippen LogP contribution in [0.4, 0.5) is 0 Å². The average Bonchev–Trinajstić information content (AvgIpc) is 3.08. The van der Waals surface area contributed by atoms with Gasteiger partial charge in [0.05, 0.1) is 0 Å². The van der Waals surface area contributed by atoms with Gasteiger partial charge in [-0.1, -0.05) is 13.3 Å². The summed E-state index contributed by atoms with van der Waals surface area (Å²) in [6, 6.07) is 6.52. The number of piperidine rings is 1. The second-order valence-electron chi connectivity index (χ2n) is 7.17. The lowest BCUT2D eigenvalue weighted by atomic mass is 9.91. The molecule has 2 fully saturated rings. The molecule has 5 atom stereocenters. The minimum atomic E-state index is 0.383. The second-order valence-corrected chi connectivity index (χ2v) is 7.17. The van der Waals surface area contributed by atoms with Gasteiger partial charge >= 0.3 is 0 Å². The minimum Gasteiger partial charge on any atom is -0.508 e.